The number of anilines is 1. The van der Waals surface area contributed by atoms with Crippen LogP contribution in [0.4, 0.5) is 5.82 Å². The minimum absolute atomic E-state index is 0.0777. The van der Waals surface area contributed by atoms with E-state index in [1.807, 2.05) is 0 Å². The maximum Gasteiger partial charge on any atom is 0.351 e. The van der Waals surface area contributed by atoms with Crippen LogP contribution in [0, 0.1) is 0 Å². The second-order valence-electron chi connectivity index (χ2n) is 5.97. The molecule has 0 saturated carbocycles. The van der Waals surface area contributed by atoms with Gasteiger partial charge >= 0.3 is 23.6 Å². The van der Waals surface area contributed by atoms with E-state index in [-0.39, 0.29) is 5.82 Å². The predicted octanol–water partition coefficient (Wildman–Crippen LogP) is -0.213. The van der Waals surface area contributed by atoms with Crippen LogP contribution in [0.3, 0.4) is 0 Å². The average molecular weight is 410 g/mol. The van der Waals surface area contributed by atoms with Gasteiger partial charge in [0, 0.05) is 31.9 Å². The molecule has 1 fully saturated rings. The number of hydrogen-bond acceptors (Lipinski definition) is 11. The smallest absolute Gasteiger partial charge is 0.351 e. The van der Waals surface area contributed by atoms with Crippen LogP contribution in [-0.4, -0.2) is 52.0 Å². The fourth-order valence-electron chi connectivity index (χ4n) is 2.74. The number of carbonyl (C=O) groups excluding carboxylic acids is 3. The van der Waals surface area contributed by atoms with Crippen molar-refractivity contribution in [3.05, 3.63) is 33.2 Å². The minimum atomic E-state index is -2.13. The van der Waals surface area contributed by atoms with Crippen LogP contribution in [0.25, 0.3) is 10.4 Å². The normalized spacial score (nSPS) is 25.6. The third-order valence-electron chi connectivity index (χ3n) is 3.77. The Morgan fingerprint density at radius 3 is 2.48 bits per heavy atom. The summed E-state index contributed by atoms with van der Waals surface area (Å²) in [7, 11) is 0. The molecule has 0 bridgehead atoms. The Balaban J connectivity index is 2.64. The molecule has 0 aliphatic carbocycles. The summed E-state index contributed by atoms with van der Waals surface area (Å²) in [5.41, 5.74) is 11.5. The van der Waals surface area contributed by atoms with E-state index in [0.29, 0.717) is 0 Å². The summed E-state index contributed by atoms with van der Waals surface area (Å²) in [4.78, 5) is 53.1. The first kappa shape index (κ1) is 21.7. The van der Waals surface area contributed by atoms with Crippen molar-refractivity contribution >= 4 is 23.7 Å². The van der Waals surface area contributed by atoms with Crippen LogP contribution in [0.2, 0.25) is 0 Å². The Bertz CT molecular complexity index is 926. The van der Waals surface area contributed by atoms with Gasteiger partial charge in [-0.1, -0.05) is 5.11 Å². The predicted molar refractivity (Wildman–Crippen MR) is 92.6 cm³/mol. The van der Waals surface area contributed by atoms with Gasteiger partial charge in [-0.15, -0.1) is 0 Å². The summed E-state index contributed by atoms with van der Waals surface area (Å²) >= 11 is 0. The zero-order valence-electron chi connectivity index (χ0n) is 15.7. The highest BCUT2D eigenvalue weighted by molar-refractivity contribution is 5.68. The number of aromatic nitrogens is 2. The molecular weight excluding hydrogens is 392 g/mol. The molecule has 2 N–H and O–H groups in total. The first-order valence-corrected chi connectivity index (χ1v) is 8.16. The Kier molecular flexibility index (Phi) is 6.41. The van der Waals surface area contributed by atoms with Gasteiger partial charge in [0.1, 0.15) is 12.4 Å². The molecule has 1 aliphatic heterocycles. The van der Waals surface area contributed by atoms with Gasteiger partial charge in [-0.25, -0.2) is 4.79 Å². The number of azide groups is 1. The summed E-state index contributed by atoms with van der Waals surface area (Å²) < 4.78 is 21.9. The molecule has 2 heterocycles. The lowest BCUT2D eigenvalue weighted by molar-refractivity contribution is -0.176. The summed E-state index contributed by atoms with van der Waals surface area (Å²) in [5, 5.41) is 3.49. The molecule has 0 amide bonds. The van der Waals surface area contributed by atoms with Crippen LogP contribution in [0.5, 0.6) is 0 Å². The van der Waals surface area contributed by atoms with Gasteiger partial charge in [-0.3, -0.25) is 19.0 Å². The average Bonchev–Trinajstić information content (AvgIpc) is 2.87. The summed E-state index contributed by atoms with van der Waals surface area (Å²) in [6, 6.07) is 1.27. The van der Waals surface area contributed by atoms with E-state index in [0.717, 1.165) is 25.3 Å². The Morgan fingerprint density at radius 2 is 1.97 bits per heavy atom. The minimum Gasteiger partial charge on any atom is -0.462 e. The molecule has 1 aromatic rings. The van der Waals surface area contributed by atoms with Crippen molar-refractivity contribution in [2.75, 3.05) is 12.3 Å². The zero-order chi connectivity index (χ0) is 21.8. The van der Waals surface area contributed by atoms with Gasteiger partial charge in [0.2, 0.25) is 5.72 Å². The van der Waals surface area contributed by atoms with Gasteiger partial charge < -0.3 is 24.7 Å². The van der Waals surface area contributed by atoms with Crippen LogP contribution in [0.15, 0.2) is 22.2 Å². The van der Waals surface area contributed by atoms with E-state index < -0.39 is 54.4 Å². The third-order valence-corrected chi connectivity index (χ3v) is 3.77. The van der Waals surface area contributed by atoms with E-state index in [1.165, 1.54) is 12.3 Å². The molecule has 0 unspecified atom stereocenters. The fraction of sp³-hybridized carbons (Fsp3) is 0.533. The van der Waals surface area contributed by atoms with Crippen LogP contribution in [0.1, 0.15) is 27.0 Å². The van der Waals surface area contributed by atoms with Crippen molar-refractivity contribution in [1.82, 2.24) is 9.55 Å². The van der Waals surface area contributed by atoms with Crippen molar-refractivity contribution < 1.29 is 33.3 Å². The number of carbonyl (C=O) groups is 3. The maximum atomic E-state index is 12.3. The number of nitrogen functional groups attached to an aromatic ring is 1. The Hall–Kier alpha value is -3.64. The third kappa shape index (κ3) is 4.80. The summed E-state index contributed by atoms with van der Waals surface area (Å²) in [6.07, 6.45) is -3.23. The van der Waals surface area contributed by atoms with Gasteiger partial charge in [0.25, 0.3) is 0 Å². The largest absolute Gasteiger partial charge is 0.462 e. The molecule has 1 saturated heterocycles. The van der Waals surface area contributed by atoms with Crippen molar-refractivity contribution in [1.29, 1.82) is 0 Å². The molecule has 2 rings (SSSR count). The molecule has 0 radical (unpaired) electrons. The van der Waals surface area contributed by atoms with Crippen LogP contribution < -0.4 is 11.4 Å². The molecule has 4 atom stereocenters. The molecule has 14 nitrogen and oxygen atoms in total. The zero-order valence-corrected chi connectivity index (χ0v) is 15.7. The van der Waals surface area contributed by atoms with E-state index in [4.69, 9.17) is 30.2 Å². The van der Waals surface area contributed by atoms with Gasteiger partial charge in [0.05, 0.1) is 0 Å². The molecule has 0 spiro atoms. The summed E-state index contributed by atoms with van der Waals surface area (Å²) in [6.45, 7) is 2.54. The van der Waals surface area contributed by atoms with Crippen molar-refractivity contribution in [3.63, 3.8) is 0 Å². The monoisotopic (exact) mass is 410 g/mol. The fourth-order valence-corrected chi connectivity index (χ4v) is 2.74. The van der Waals surface area contributed by atoms with Crippen LogP contribution >= 0.6 is 0 Å². The number of esters is 3. The van der Waals surface area contributed by atoms with Crippen molar-refractivity contribution in [3.8, 4) is 0 Å². The highest BCUT2D eigenvalue weighted by atomic mass is 16.7. The number of nitrogens with zero attached hydrogens (tertiary/aromatic N) is 5. The topological polar surface area (TPSA) is 198 Å². The Labute approximate surface area is 163 Å². The molecule has 1 aliphatic rings. The van der Waals surface area contributed by atoms with E-state index in [2.05, 4.69) is 15.0 Å². The van der Waals surface area contributed by atoms with E-state index in [1.54, 1.807) is 0 Å². The molecule has 156 valence electrons. The summed E-state index contributed by atoms with van der Waals surface area (Å²) in [5.74, 6) is -2.46. The molecule has 29 heavy (non-hydrogen) atoms. The number of rotatable bonds is 6. The maximum absolute atomic E-state index is 12.3. The molecule has 1 aromatic heterocycles. The quantitative estimate of drug-likeness (QED) is 0.215. The lowest BCUT2D eigenvalue weighted by atomic mass is 10.0. The lowest BCUT2D eigenvalue weighted by Gasteiger charge is -2.29. The van der Waals surface area contributed by atoms with Crippen molar-refractivity contribution in [2.24, 2.45) is 5.11 Å². The Morgan fingerprint density at radius 1 is 1.31 bits per heavy atom. The van der Waals surface area contributed by atoms with E-state index in [9.17, 15) is 19.2 Å². The standard InChI is InChI=1S/C15H18N6O8/c1-7(22)26-6-15(19-20-17)12(28-9(3)24)11(27-8(2)23)13(29-15)21-5-4-10(16)18-14(21)25/h4-5,11-13H,6H2,1-3H3,(H2,16,18,25)/t11-,12+,13+,15-/m1/s1. The number of ether oxygens (including phenoxy) is 4. The second kappa shape index (κ2) is 8.58. The van der Waals surface area contributed by atoms with E-state index >= 15 is 0 Å². The van der Waals surface area contributed by atoms with Gasteiger partial charge in [-0.2, -0.15) is 4.98 Å². The number of nitrogens with two attached hydrogens (primary N) is 1. The first-order valence-electron chi connectivity index (χ1n) is 8.16. The second-order valence-corrected chi connectivity index (χ2v) is 5.97. The van der Waals surface area contributed by atoms with Gasteiger partial charge in [-0.05, 0) is 11.6 Å². The molecule has 14 heteroatoms. The van der Waals surface area contributed by atoms with Gasteiger partial charge in [0.15, 0.2) is 18.4 Å². The first-order chi connectivity index (χ1) is 13.6. The van der Waals surface area contributed by atoms with Crippen LogP contribution in [-0.2, 0) is 33.3 Å². The van der Waals surface area contributed by atoms with Crippen molar-refractivity contribution in [2.45, 2.75) is 44.9 Å². The highest BCUT2D eigenvalue weighted by Crippen LogP contribution is 2.42. The molecule has 0 aromatic carbocycles. The highest BCUT2D eigenvalue weighted by Gasteiger charge is 2.61. The number of hydrogen-bond donors (Lipinski definition) is 1. The SMILES string of the molecule is CC(=O)OC[C@@]1(N=[N+]=[N-])O[C@H](n2ccc(N)nc2=O)[C@H](OC(C)=O)[C@@H]1OC(C)=O. The molecular formula is C15H18N6O8. The lowest BCUT2D eigenvalue weighted by Crippen LogP contribution is -2.49.